The second-order valence-corrected chi connectivity index (χ2v) is 9.91. The molecular formula is C22H49NO5P2. The predicted molar refractivity (Wildman–Crippen MR) is 132 cm³/mol. The second kappa shape index (κ2) is 22.8. The summed E-state index contributed by atoms with van der Waals surface area (Å²) in [4.78, 5) is 2.43. The zero-order chi connectivity index (χ0) is 22.5. The van der Waals surface area contributed by atoms with Crippen molar-refractivity contribution < 1.29 is 23.7 Å². The molecule has 0 aromatic heterocycles. The van der Waals surface area contributed by atoms with Crippen molar-refractivity contribution in [3.8, 4) is 0 Å². The normalized spacial score (nSPS) is 13.9. The first-order valence-electron chi connectivity index (χ1n) is 11.9. The van der Waals surface area contributed by atoms with Crippen LogP contribution in [0.5, 0.6) is 0 Å². The highest BCUT2D eigenvalue weighted by molar-refractivity contribution is 7.38. The first-order chi connectivity index (χ1) is 14.6. The summed E-state index contributed by atoms with van der Waals surface area (Å²) in [6, 6.07) is -0.129. The number of nitrogens with zero attached hydrogens (tertiary/aromatic N) is 1. The average Bonchev–Trinajstić information content (AvgIpc) is 2.75. The van der Waals surface area contributed by atoms with Gasteiger partial charge in [0.2, 0.25) is 0 Å². The Bertz CT molecular complexity index is 313. The van der Waals surface area contributed by atoms with Crippen LogP contribution in [0, 0.1) is 0 Å². The lowest BCUT2D eigenvalue weighted by molar-refractivity contribution is -0.0848. The zero-order valence-electron chi connectivity index (χ0n) is 20.4. The lowest BCUT2D eigenvalue weighted by Gasteiger charge is -2.30. The molecule has 0 bridgehead atoms. The Morgan fingerprint density at radius 2 is 0.967 bits per heavy atom. The van der Waals surface area contributed by atoms with E-state index in [1.165, 1.54) is 0 Å². The molecule has 8 heteroatoms. The van der Waals surface area contributed by atoms with Crippen LogP contribution < -0.4 is 0 Å². The topological polar surface area (TPSA) is 49.4 Å². The van der Waals surface area contributed by atoms with Crippen LogP contribution in [0.2, 0.25) is 0 Å². The van der Waals surface area contributed by atoms with Crippen LogP contribution in [0.3, 0.4) is 0 Å². The Morgan fingerprint density at radius 3 is 1.27 bits per heavy atom. The zero-order valence-corrected chi connectivity index (χ0v) is 22.4. The van der Waals surface area contributed by atoms with Crippen molar-refractivity contribution in [3.05, 3.63) is 0 Å². The fraction of sp³-hybridized carbons (Fsp3) is 1.00. The van der Waals surface area contributed by atoms with Crippen molar-refractivity contribution in [2.24, 2.45) is 0 Å². The maximum Gasteiger partial charge on any atom is 0.173 e. The minimum Gasteiger partial charge on any atom is -0.364 e. The fourth-order valence-electron chi connectivity index (χ4n) is 2.71. The highest BCUT2D eigenvalue weighted by Gasteiger charge is 2.17. The van der Waals surface area contributed by atoms with E-state index in [2.05, 4.69) is 46.4 Å². The Balaban J connectivity index is 4.52. The first kappa shape index (κ1) is 30.6. The van der Waals surface area contributed by atoms with Crippen LogP contribution in [0.15, 0.2) is 0 Å². The van der Waals surface area contributed by atoms with Crippen LogP contribution in [0.25, 0.3) is 0 Å². The predicted octanol–water partition coefficient (Wildman–Crippen LogP) is 5.30. The summed E-state index contributed by atoms with van der Waals surface area (Å²) in [5, 5.41) is 0. The molecule has 0 aromatic carbocycles. The summed E-state index contributed by atoms with van der Waals surface area (Å²) in [5.41, 5.74) is 0. The third-order valence-electron chi connectivity index (χ3n) is 4.24. The van der Waals surface area contributed by atoms with E-state index in [0.29, 0.717) is 17.2 Å². The van der Waals surface area contributed by atoms with Gasteiger partial charge >= 0.3 is 0 Å². The van der Waals surface area contributed by atoms with Crippen LogP contribution in [-0.4, -0.2) is 81.6 Å². The highest BCUT2D eigenvalue weighted by Crippen LogP contribution is 2.25. The monoisotopic (exact) mass is 469 g/mol. The summed E-state index contributed by atoms with van der Waals surface area (Å²) < 4.78 is 29.4. The molecule has 6 nitrogen and oxygen atoms in total. The van der Waals surface area contributed by atoms with Crippen LogP contribution in [-0.2, 0) is 23.7 Å². The molecule has 0 spiro atoms. The second-order valence-electron chi connectivity index (χ2n) is 7.15. The molecule has 0 aliphatic heterocycles. The van der Waals surface area contributed by atoms with E-state index in [0.717, 1.165) is 84.1 Å². The molecule has 3 atom stereocenters. The molecule has 0 radical (unpaired) electrons. The van der Waals surface area contributed by atoms with Gasteiger partial charge in [0, 0.05) is 46.1 Å². The van der Waals surface area contributed by atoms with E-state index in [1.54, 1.807) is 0 Å². The van der Waals surface area contributed by atoms with Gasteiger partial charge in [0.15, 0.2) is 12.1 Å². The van der Waals surface area contributed by atoms with Gasteiger partial charge in [-0.1, -0.05) is 44.9 Å². The molecule has 3 unspecified atom stereocenters. The minimum absolute atomic E-state index is 0.0645. The van der Waals surface area contributed by atoms with Gasteiger partial charge in [-0.2, -0.15) is 0 Å². The maximum atomic E-state index is 5.89. The van der Waals surface area contributed by atoms with Crippen LogP contribution in [0.4, 0.5) is 0 Å². The van der Waals surface area contributed by atoms with Gasteiger partial charge in [-0.05, 0) is 51.9 Å². The Labute approximate surface area is 190 Å². The van der Waals surface area contributed by atoms with Gasteiger partial charge in [0.05, 0.1) is 0 Å². The molecule has 0 fully saturated rings. The Kier molecular flexibility index (Phi) is 23.3. The molecule has 0 saturated carbocycles. The standard InChI is InChI=1S/C22H49NO5P2/c1-7-14-25-21(26-15-8-2)29-18-12-23(20(6)24-11-5)13-19-30-22(27-16-9-3)28-17-10-4/h20-22,29-30H,7-19H2,1-6H3. The Hall–Kier alpha value is 0.620. The molecule has 0 N–H and O–H groups in total. The summed E-state index contributed by atoms with van der Waals surface area (Å²) in [7, 11) is 1.28. The van der Waals surface area contributed by atoms with E-state index >= 15 is 0 Å². The van der Waals surface area contributed by atoms with Crippen molar-refractivity contribution in [1.82, 2.24) is 4.90 Å². The molecule has 182 valence electrons. The van der Waals surface area contributed by atoms with E-state index in [4.69, 9.17) is 23.7 Å². The first-order valence-corrected chi connectivity index (χ1v) is 14.5. The van der Waals surface area contributed by atoms with Gasteiger partial charge < -0.3 is 23.7 Å². The lowest BCUT2D eigenvalue weighted by Crippen LogP contribution is -2.38. The largest absolute Gasteiger partial charge is 0.364 e. The summed E-state index contributed by atoms with van der Waals surface area (Å²) in [6.45, 7) is 18.5. The molecule has 0 amide bonds. The van der Waals surface area contributed by atoms with E-state index in [1.807, 2.05) is 0 Å². The minimum atomic E-state index is -0.0645. The molecule has 0 aliphatic carbocycles. The van der Waals surface area contributed by atoms with E-state index in [-0.39, 0.29) is 18.3 Å². The Morgan fingerprint density at radius 1 is 0.600 bits per heavy atom. The van der Waals surface area contributed by atoms with Crippen LogP contribution in [0.1, 0.15) is 67.2 Å². The summed E-state index contributed by atoms with van der Waals surface area (Å²) in [6.07, 6.45) is 6.31. The van der Waals surface area contributed by atoms with Gasteiger partial charge in [-0.15, -0.1) is 0 Å². The third kappa shape index (κ3) is 17.2. The number of hydrogen-bond acceptors (Lipinski definition) is 6. The summed E-state index contributed by atoms with van der Waals surface area (Å²) in [5.74, 6) is 0. The van der Waals surface area contributed by atoms with Crippen LogP contribution >= 0.6 is 17.2 Å². The number of rotatable bonds is 23. The van der Waals surface area contributed by atoms with Crippen molar-refractivity contribution in [1.29, 1.82) is 0 Å². The van der Waals surface area contributed by atoms with Crippen molar-refractivity contribution in [2.75, 3.05) is 58.4 Å². The van der Waals surface area contributed by atoms with Gasteiger partial charge in [0.25, 0.3) is 0 Å². The molecule has 0 heterocycles. The molecule has 0 saturated heterocycles. The molecule has 0 rings (SSSR count). The highest BCUT2D eigenvalue weighted by atomic mass is 31.1. The fourth-order valence-corrected chi connectivity index (χ4v) is 4.95. The molecule has 30 heavy (non-hydrogen) atoms. The number of ether oxygens (including phenoxy) is 5. The maximum absolute atomic E-state index is 5.89. The molecule has 0 aliphatic rings. The van der Waals surface area contributed by atoms with Crippen molar-refractivity contribution >= 4 is 17.2 Å². The van der Waals surface area contributed by atoms with E-state index < -0.39 is 0 Å². The van der Waals surface area contributed by atoms with Crippen molar-refractivity contribution in [3.63, 3.8) is 0 Å². The summed E-state index contributed by atoms with van der Waals surface area (Å²) >= 11 is 0. The van der Waals surface area contributed by atoms with E-state index in [9.17, 15) is 0 Å². The van der Waals surface area contributed by atoms with Gasteiger partial charge in [-0.3, -0.25) is 4.90 Å². The average molecular weight is 470 g/mol. The molecule has 0 aromatic rings. The quantitative estimate of drug-likeness (QED) is 0.149. The smallest absolute Gasteiger partial charge is 0.173 e. The number of hydrogen-bond donors (Lipinski definition) is 0. The third-order valence-corrected chi connectivity index (χ3v) is 6.59. The van der Waals surface area contributed by atoms with Gasteiger partial charge in [0.1, 0.15) is 6.23 Å². The SMILES string of the molecule is CCCOC(OCCC)PCCN(CCPC(OCCC)OCCC)C(C)OCC. The van der Waals surface area contributed by atoms with Gasteiger partial charge in [-0.25, -0.2) is 0 Å². The lowest BCUT2D eigenvalue weighted by atomic mass is 10.4. The molecular weight excluding hydrogens is 420 g/mol. The van der Waals surface area contributed by atoms with Crippen molar-refractivity contribution in [2.45, 2.75) is 85.5 Å².